The number of carbonyl (C=O) groups excluding carboxylic acids is 2. The van der Waals surface area contributed by atoms with E-state index in [0.717, 1.165) is 12.8 Å². The molecular formula is C13H24N2O3. The summed E-state index contributed by atoms with van der Waals surface area (Å²) in [6.45, 7) is 6.51. The van der Waals surface area contributed by atoms with Crippen molar-refractivity contribution in [1.29, 1.82) is 0 Å². The van der Waals surface area contributed by atoms with Gasteiger partial charge in [-0.3, -0.25) is 9.59 Å². The average molecular weight is 256 g/mol. The molecule has 0 radical (unpaired) electrons. The molecule has 0 bridgehead atoms. The molecule has 5 heteroatoms. The van der Waals surface area contributed by atoms with E-state index in [1.54, 1.807) is 0 Å². The van der Waals surface area contributed by atoms with Crippen molar-refractivity contribution in [3.63, 3.8) is 0 Å². The van der Waals surface area contributed by atoms with Crippen molar-refractivity contribution in [3.05, 3.63) is 0 Å². The number of rotatable bonds is 5. The molecule has 3 N–H and O–H groups in total. The summed E-state index contributed by atoms with van der Waals surface area (Å²) >= 11 is 0. The maximum Gasteiger partial charge on any atom is 0.225 e. The van der Waals surface area contributed by atoms with Crippen LogP contribution >= 0.6 is 0 Å². The van der Waals surface area contributed by atoms with E-state index in [1.165, 1.54) is 0 Å². The molecular weight excluding hydrogens is 232 g/mol. The Balaban J connectivity index is 2.05. The number of aliphatic hydroxyl groups excluding tert-OH is 1. The van der Waals surface area contributed by atoms with Crippen LogP contribution in [0.3, 0.4) is 0 Å². The van der Waals surface area contributed by atoms with Crippen molar-refractivity contribution >= 4 is 11.8 Å². The van der Waals surface area contributed by atoms with Gasteiger partial charge in [-0.15, -0.1) is 0 Å². The zero-order chi connectivity index (χ0) is 13.8. The van der Waals surface area contributed by atoms with Crippen LogP contribution in [0.1, 0.15) is 40.0 Å². The Hall–Kier alpha value is -1.10. The van der Waals surface area contributed by atoms with Crippen molar-refractivity contribution in [2.45, 2.75) is 46.1 Å². The molecule has 0 saturated heterocycles. The Morgan fingerprint density at radius 3 is 2.33 bits per heavy atom. The molecule has 0 heterocycles. The molecule has 0 unspecified atom stereocenters. The van der Waals surface area contributed by atoms with Crippen molar-refractivity contribution in [3.8, 4) is 0 Å². The predicted molar refractivity (Wildman–Crippen MR) is 68.8 cm³/mol. The molecule has 0 atom stereocenters. The largest absolute Gasteiger partial charge is 0.393 e. The highest BCUT2D eigenvalue weighted by Gasteiger charge is 2.27. The Bertz CT molecular complexity index is 304. The summed E-state index contributed by atoms with van der Waals surface area (Å²) in [5, 5.41) is 14.7. The number of carbonyl (C=O) groups is 2. The number of amides is 2. The molecule has 1 aliphatic rings. The highest BCUT2D eigenvalue weighted by atomic mass is 16.3. The van der Waals surface area contributed by atoms with Gasteiger partial charge in [-0.25, -0.2) is 0 Å². The summed E-state index contributed by atoms with van der Waals surface area (Å²) in [5.74, 6) is 0.316. The molecule has 0 aliphatic heterocycles. The molecule has 0 aromatic rings. The number of aliphatic hydroxyl groups is 1. The average Bonchev–Trinajstić information content (AvgIpc) is 2.21. The van der Waals surface area contributed by atoms with Crippen LogP contribution < -0.4 is 10.6 Å². The van der Waals surface area contributed by atoms with Gasteiger partial charge in [0.05, 0.1) is 6.10 Å². The van der Waals surface area contributed by atoms with Crippen LogP contribution in [-0.4, -0.2) is 36.1 Å². The summed E-state index contributed by atoms with van der Waals surface area (Å²) in [6.07, 6.45) is 1.68. The third-order valence-electron chi connectivity index (χ3n) is 3.12. The van der Waals surface area contributed by atoms with Crippen LogP contribution in [0.15, 0.2) is 0 Å². The number of hydrogen-bond acceptors (Lipinski definition) is 3. The summed E-state index contributed by atoms with van der Waals surface area (Å²) in [7, 11) is 0. The Morgan fingerprint density at radius 1 is 1.22 bits per heavy atom. The Morgan fingerprint density at radius 2 is 1.83 bits per heavy atom. The summed E-state index contributed by atoms with van der Waals surface area (Å²) in [5.41, 5.74) is -0.418. The maximum absolute atomic E-state index is 11.5. The maximum atomic E-state index is 11.5. The molecule has 0 aromatic heterocycles. The van der Waals surface area contributed by atoms with E-state index in [-0.39, 0.29) is 17.9 Å². The molecule has 0 aromatic carbocycles. The van der Waals surface area contributed by atoms with E-state index in [1.807, 2.05) is 20.8 Å². The quantitative estimate of drug-likeness (QED) is 0.667. The van der Waals surface area contributed by atoms with E-state index >= 15 is 0 Å². The van der Waals surface area contributed by atoms with Crippen LogP contribution in [0.5, 0.6) is 0 Å². The first kappa shape index (κ1) is 15.0. The van der Waals surface area contributed by atoms with Gasteiger partial charge in [0.1, 0.15) is 0 Å². The molecule has 1 rings (SSSR count). The first-order chi connectivity index (χ1) is 8.29. The minimum atomic E-state index is -0.418. The van der Waals surface area contributed by atoms with Gasteiger partial charge in [-0.05, 0) is 18.8 Å². The fourth-order valence-corrected chi connectivity index (χ4v) is 1.77. The molecule has 2 amide bonds. The van der Waals surface area contributed by atoms with Crippen molar-refractivity contribution < 1.29 is 14.7 Å². The molecule has 1 fully saturated rings. The minimum Gasteiger partial charge on any atom is -0.393 e. The van der Waals surface area contributed by atoms with Gasteiger partial charge in [0.2, 0.25) is 11.8 Å². The highest BCUT2D eigenvalue weighted by molar-refractivity contribution is 5.82. The molecule has 1 saturated carbocycles. The van der Waals surface area contributed by atoms with Crippen LogP contribution in [0.25, 0.3) is 0 Å². The van der Waals surface area contributed by atoms with Crippen molar-refractivity contribution in [2.24, 2.45) is 11.3 Å². The molecule has 18 heavy (non-hydrogen) atoms. The topological polar surface area (TPSA) is 78.4 Å². The third-order valence-corrected chi connectivity index (χ3v) is 3.12. The van der Waals surface area contributed by atoms with E-state index in [9.17, 15) is 9.59 Å². The lowest BCUT2D eigenvalue weighted by Crippen LogP contribution is -2.40. The lowest BCUT2D eigenvalue weighted by Gasteiger charge is -2.31. The third kappa shape index (κ3) is 5.04. The first-order valence-corrected chi connectivity index (χ1v) is 6.52. The van der Waals surface area contributed by atoms with Gasteiger partial charge in [-0.1, -0.05) is 20.8 Å². The van der Waals surface area contributed by atoms with E-state index in [0.29, 0.717) is 25.4 Å². The Kier molecular flexibility index (Phi) is 5.14. The molecule has 104 valence electrons. The zero-order valence-corrected chi connectivity index (χ0v) is 11.5. The van der Waals surface area contributed by atoms with Gasteiger partial charge in [0, 0.05) is 24.9 Å². The van der Waals surface area contributed by atoms with Gasteiger partial charge in [0.15, 0.2) is 0 Å². The fourth-order valence-electron chi connectivity index (χ4n) is 1.77. The van der Waals surface area contributed by atoms with Gasteiger partial charge in [0.25, 0.3) is 0 Å². The number of hydrogen-bond donors (Lipinski definition) is 3. The second-order valence-corrected chi connectivity index (χ2v) is 6.05. The first-order valence-electron chi connectivity index (χ1n) is 6.52. The van der Waals surface area contributed by atoms with Gasteiger partial charge >= 0.3 is 0 Å². The lowest BCUT2D eigenvalue weighted by atomic mass is 9.82. The summed E-state index contributed by atoms with van der Waals surface area (Å²) in [4.78, 5) is 23.0. The highest BCUT2D eigenvalue weighted by Crippen LogP contribution is 2.25. The SMILES string of the molecule is CC(C)(C)C(=O)NCCC(=O)NCC1CC(O)C1. The van der Waals surface area contributed by atoms with Crippen LogP contribution in [-0.2, 0) is 9.59 Å². The molecule has 5 nitrogen and oxygen atoms in total. The molecule has 0 spiro atoms. The predicted octanol–water partition coefficient (Wildman–Crippen LogP) is 0.426. The van der Waals surface area contributed by atoms with Gasteiger partial charge < -0.3 is 15.7 Å². The van der Waals surface area contributed by atoms with Crippen LogP contribution in [0, 0.1) is 11.3 Å². The van der Waals surface area contributed by atoms with Crippen LogP contribution in [0.2, 0.25) is 0 Å². The number of nitrogens with one attached hydrogen (secondary N) is 2. The van der Waals surface area contributed by atoms with E-state index in [4.69, 9.17) is 5.11 Å². The fraction of sp³-hybridized carbons (Fsp3) is 0.846. The summed E-state index contributed by atoms with van der Waals surface area (Å²) < 4.78 is 0. The minimum absolute atomic E-state index is 0.0441. The van der Waals surface area contributed by atoms with Crippen molar-refractivity contribution in [1.82, 2.24) is 10.6 Å². The van der Waals surface area contributed by atoms with Gasteiger partial charge in [-0.2, -0.15) is 0 Å². The molecule has 1 aliphatic carbocycles. The lowest BCUT2D eigenvalue weighted by molar-refractivity contribution is -0.128. The normalized spacial score (nSPS) is 23.1. The zero-order valence-electron chi connectivity index (χ0n) is 11.5. The summed E-state index contributed by atoms with van der Waals surface area (Å²) in [6, 6.07) is 0. The smallest absolute Gasteiger partial charge is 0.225 e. The second-order valence-electron chi connectivity index (χ2n) is 6.05. The second kappa shape index (κ2) is 6.18. The monoisotopic (exact) mass is 256 g/mol. The van der Waals surface area contributed by atoms with E-state index in [2.05, 4.69) is 10.6 Å². The van der Waals surface area contributed by atoms with E-state index < -0.39 is 5.41 Å². The van der Waals surface area contributed by atoms with Crippen molar-refractivity contribution in [2.75, 3.05) is 13.1 Å². The van der Waals surface area contributed by atoms with Crippen LogP contribution in [0.4, 0.5) is 0 Å². The Labute approximate surface area is 108 Å². The standard InChI is InChI=1S/C13H24N2O3/c1-13(2,3)12(18)14-5-4-11(17)15-8-9-6-10(16)7-9/h9-10,16H,4-8H2,1-3H3,(H,14,18)(H,15,17).